The molecule has 1 nitrogen and oxygen atoms in total. The number of rotatable bonds is 3. The highest BCUT2D eigenvalue weighted by Gasteiger charge is 2.30. The third-order valence-corrected chi connectivity index (χ3v) is 8.94. The predicted molar refractivity (Wildman–Crippen MR) is 82.7 cm³/mol. The summed E-state index contributed by atoms with van der Waals surface area (Å²) < 4.78 is 13.3. The number of aryl methyl sites for hydroxylation is 2. The van der Waals surface area contributed by atoms with Crippen LogP contribution in [0.3, 0.4) is 0 Å². The minimum atomic E-state index is -2.80. The standard InChI is InChI=1S/C14H14ClOPS/c1-11-7-3-5-9-13(11)17(16,18-15)14-10-6-4-8-12(14)2/h3-10H,1-2H3. The summed E-state index contributed by atoms with van der Waals surface area (Å²) in [5, 5.41) is 1.67. The van der Waals surface area contributed by atoms with E-state index in [1.54, 1.807) is 0 Å². The number of hydrogen-bond acceptors (Lipinski definition) is 2. The first-order valence-corrected chi connectivity index (χ1v) is 9.58. The van der Waals surface area contributed by atoms with E-state index in [0.717, 1.165) is 32.3 Å². The quantitative estimate of drug-likeness (QED) is 0.780. The summed E-state index contributed by atoms with van der Waals surface area (Å²) in [5.41, 5.74) is 2.02. The molecule has 0 heterocycles. The summed E-state index contributed by atoms with van der Waals surface area (Å²) in [4.78, 5) is 0. The largest absolute Gasteiger partial charge is 0.301 e. The van der Waals surface area contributed by atoms with Crippen LogP contribution in [-0.4, -0.2) is 0 Å². The Kier molecular flexibility index (Phi) is 4.21. The fourth-order valence-electron chi connectivity index (χ4n) is 1.99. The van der Waals surface area contributed by atoms with Gasteiger partial charge in [-0.05, 0) is 35.7 Å². The first-order valence-electron chi connectivity index (χ1n) is 5.62. The lowest BCUT2D eigenvalue weighted by Gasteiger charge is -2.18. The van der Waals surface area contributed by atoms with Gasteiger partial charge in [0.25, 0.3) is 0 Å². The van der Waals surface area contributed by atoms with Crippen molar-refractivity contribution in [2.24, 2.45) is 0 Å². The third kappa shape index (κ3) is 2.38. The highest BCUT2D eigenvalue weighted by Crippen LogP contribution is 2.59. The minimum Gasteiger partial charge on any atom is -0.301 e. The van der Waals surface area contributed by atoms with E-state index in [0.29, 0.717) is 0 Å². The molecule has 0 amide bonds. The van der Waals surface area contributed by atoms with Gasteiger partial charge in [-0.1, -0.05) is 48.5 Å². The van der Waals surface area contributed by atoms with Gasteiger partial charge in [0.1, 0.15) is 0 Å². The summed E-state index contributed by atoms with van der Waals surface area (Å²) in [6.45, 7) is 3.93. The smallest absolute Gasteiger partial charge is 0.210 e. The van der Waals surface area contributed by atoms with Crippen molar-refractivity contribution in [3.05, 3.63) is 59.7 Å². The molecule has 0 N–H and O–H groups in total. The number of halogens is 1. The molecular formula is C14H14ClOPS. The summed E-state index contributed by atoms with van der Waals surface area (Å²) >= 11 is 0. The van der Waals surface area contributed by atoms with Crippen molar-refractivity contribution in [1.29, 1.82) is 0 Å². The summed E-state index contributed by atoms with van der Waals surface area (Å²) in [6, 6.07) is 15.4. The molecule has 2 aromatic carbocycles. The van der Waals surface area contributed by atoms with Gasteiger partial charge in [0.05, 0.1) is 0 Å². The van der Waals surface area contributed by atoms with E-state index in [-0.39, 0.29) is 0 Å². The van der Waals surface area contributed by atoms with E-state index in [2.05, 4.69) is 0 Å². The molecule has 94 valence electrons. The third-order valence-electron chi connectivity index (χ3n) is 2.96. The van der Waals surface area contributed by atoms with Crippen molar-refractivity contribution in [2.45, 2.75) is 13.8 Å². The monoisotopic (exact) mass is 296 g/mol. The Hall–Kier alpha value is -0.690. The van der Waals surface area contributed by atoms with Gasteiger partial charge in [-0.25, -0.2) is 0 Å². The van der Waals surface area contributed by atoms with Crippen molar-refractivity contribution in [2.75, 3.05) is 0 Å². The van der Waals surface area contributed by atoms with Crippen LogP contribution in [0.4, 0.5) is 0 Å². The molecule has 0 aromatic heterocycles. The lowest BCUT2D eigenvalue weighted by Crippen LogP contribution is -2.17. The molecule has 0 bridgehead atoms. The van der Waals surface area contributed by atoms with Gasteiger partial charge in [-0.15, -0.1) is 0 Å². The average molecular weight is 297 g/mol. The molecule has 0 radical (unpaired) electrons. The fraction of sp³-hybridized carbons (Fsp3) is 0.143. The Labute approximate surface area is 116 Å². The van der Waals surface area contributed by atoms with Crippen molar-refractivity contribution in [1.82, 2.24) is 0 Å². The van der Waals surface area contributed by atoms with Gasteiger partial charge < -0.3 is 4.57 Å². The van der Waals surface area contributed by atoms with Gasteiger partial charge in [0, 0.05) is 21.2 Å². The van der Waals surface area contributed by atoms with Crippen molar-refractivity contribution in [3.63, 3.8) is 0 Å². The zero-order valence-corrected chi connectivity index (χ0v) is 12.7. The highest BCUT2D eigenvalue weighted by molar-refractivity contribution is 8.72. The number of benzene rings is 2. The van der Waals surface area contributed by atoms with E-state index in [4.69, 9.17) is 10.7 Å². The molecule has 0 saturated carbocycles. The van der Waals surface area contributed by atoms with Gasteiger partial charge in [0.15, 0.2) is 0 Å². The molecule has 2 aromatic rings. The predicted octanol–water partition coefficient (Wildman–Crippen LogP) is 4.42. The fourth-order valence-corrected chi connectivity index (χ4v) is 7.06. The maximum atomic E-state index is 13.3. The summed E-state index contributed by atoms with van der Waals surface area (Å²) in [7, 11) is 6.91. The topological polar surface area (TPSA) is 17.1 Å². The molecule has 0 saturated heterocycles. The normalized spacial score (nSPS) is 11.5. The Morgan fingerprint density at radius 1 is 0.889 bits per heavy atom. The van der Waals surface area contributed by atoms with Crippen LogP contribution in [0, 0.1) is 13.8 Å². The van der Waals surface area contributed by atoms with Crippen LogP contribution in [-0.2, 0) is 4.57 Å². The first-order chi connectivity index (χ1) is 8.59. The van der Waals surface area contributed by atoms with E-state index in [1.165, 1.54) is 0 Å². The van der Waals surface area contributed by atoms with E-state index >= 15 is 0 Å². The van der Waals surface area contributed by atoms with Crippen LogP contribution in [0.15, 0.2) is 48.5 Å². The first kappa shape index (κ1) is 13.7. The second-order valence-corrected chi connectivity index (χ2v) is 9.60. The second-order valence-electron chi connectivity index (χ2n) is 4.19. The Balaban J connectivity index is 2.68. The number of hydrogen-bond donors (Lipinski definition) is 0. The highest BCUT2D eigenvalue weighted by atomic mass is 35.7. The molecule has 0 fully saturated rings. The molecule has 18 heavy (non-hydrogen) atoms. The Morgan fingerprint density at radius 2 is 1.28 bits per heavy atom. The van der Waals surface area contributed by atoms with E-state index in [1.807, 2.05) is 62.4 Å². The van der Waals surface area contributed by atoms with Crippen LogP contribution in [0.2, 0.25) is 0 Å². The molecule has 0 aliphatic rings. The summed E-state index contributed by atoms with van der Waals surface area (Å²) in [6.07, 6.45) is -2.80. The maximum Gasteiger partial charge on any atom is 0.210 e. The minimum absolute atomic E-state index is 0.833. The molecule has 0 aliphatic carbocycles. The second kappa shape index (κ2) is 5.52. The lowest BCUT2D eigenvalue weighted by molar-refractivity contribution is 0.595. The van der Waals surface area contributed by atoms with Crippen LogP contribution >= 0.6 is 27.6 Å². The van der Waals surface area contributed by atoms with E-state index < -0.39 is 6.34 Å². The van der Waals surface area contributed by atoms with Crippen LogP contribution in [0.1, 0.15) is 11.1 Å². The molecule has 0 atom stereocenters. The Morgan fingerprint density at radius 3 is 1.61 bits per heavy atom. The zero-order valence-electron chi connectivity index (χ0n) is 10.3. The molecule has 0 spiro atoms. The van der Waals surface area contributed by atoms with Crippen molar-refractivity contribution < 1.29 is 4.57 Å². The molecule has 0 aliphatic heterocycles. The van der Waals surface area contributed by atoms with Crippen LogP contribution in [0.5, 0.6) is 0 Å². The lowest BCUT2D eigenvalue weighted by atomic mass is 10.2. The van der Waals surface area contributed by atoms with Gasteiger partial charge in [-0.2, -0.15) is 0 Å². The molecule has 4 heteroatoms. The van der Waals surface area contributed by atoms with Crippen LogP contribution in [0.25, 0.3) is 0 Å². The Bertz CT molecular complexity index is 563. The molecule has 0 unspecified atom stereocenters. The molecule has 2 rings (SSSR count). The molecular weight excluding hydrogens is 283 g/mol. The van der Waals surface area contributed by atoms with Crippen LogP contribution < -0.4 is 10.6 Å². The van der Waals surface area contributed by atoms with Gasteiger partial charge in [0.2, 0.25) is 6.34 Å². The van der Waals surface area contributed by atoms with Crippen molar-refractivity contribution >= 4 is 38.2 Å². The van der Waals surface area contributed by atoms with Gasteiger partial charge >= 0.3 is 0 Å². The average Bonchev–Trinajstić information content (AvgIpc) is 2.39. The van der Waals surface area contributed by atoms with Crippen molar-refractivity contribution in [3.8, 4) is 0 Å². The zero-order chi connectivity index (χ0) is 13.2. The van der Waals surface area contributed by atoms with Gasteiger partial charge in [-0.3, -0.25) is 0 Å². The van der Waals surface area contributed by atoms with E-state index in [9.17, 15) is 4.57 Å². The SMILES string of the molecule is Cc1ccccc1P(=O)(SCl)c1ccccc1C. The maximum absolute atomic E-state index is 13.3. The summed E-state index contributed by atoms with van der Waals surface area (Å²) in [5.74, 6) is 0.